The molecule has 0 spiro atoms. The molecule has 214 valence electrons. The number of nitrogens with two attached hydrogens (primary N) is 2. The van der Waals surface area contributed by atoms with Gasteiger partial charge in [0.15, 0.2) is 12.4 Å². The SMILES string of the molecule is CNC(=O)c1c(-c2ccc(F)cc2)oc2cc(N(C)S(C)(=O)=O)c(-c3cccc(/C(N)=N/N(N)CC(=O)O)c3)cc12. The lowest BCUT2D eigenvalue weighted by molar-refractivity contribution is -0.138. The predicted molar refractivity (Wildman–Crippen MR) is 153 cm³/mol. The number of benzene rings is 3. The van der Waals surface area contributed by atoms with Crippen LogP contribution in [0.4, 0.5) is 10.1 Å². The van der Waals surface area contributed by atoms with E-state index in [-0.39, 0.29) is 28.4 Å². The number of nitrogens with zero attached hydrogens (tertiary/aromatic N) is 3. The molecule has 1 amide bonds. The highest BCUT2D eigenvalue weighted by Gasteiger charge is 2.26. The first-order chi connectivity index (χ1) is 19.3. The number of halogens is 1. The molecule has 0 saturated carbocycles. The Hall–Kier alpha value is -4.95. The predicted octanol–water partition coefficient (Wildman–Crippen LogP) is 2.54. The first-order valence-electron chi connectivity index (χ1n) is 12.0. The minimum atomic E-state index is -3.75. The van der Waals surface area contributed by atoms with Crippen LogP contribution in [0.2, 0.25) is 0 Å². The minimum absolute atomic E-state index is 0.0809. The van der Waals surface area contributed by atoms with Gasteiger partial charge in [0.2, 0.25) is 10.0 Å². The monoisotopic (exact) mass is 582 g/mol. The lowest BCUT2D eigenvalue weighted by atomic mass is 9.97. The van der Waals surface area contributed by atoms with Gasteiger partial charge in [0, 0.05) is 42.2 Å². The number of hydrazone groups is 1. The number of carbonyl (C=O) groups is 2. The summed E-state index contributed by atoms with van der Waals surface area (Å²) in [6.45, 7) is -0.584. The third-order valence-electron chi connectivity index (χ3n) is 6.21. The van der Waals surface area contributed by atoms with E-state index in [0.717, 1.165) is 10.6 Å². The number of hydrogen-bond acceptors (Lipinski definition) is 8. The second-order valence-corrected chi connectivity index (χ2v) is 11.1. The normalized spacial score (nSPS) is 11.9. The lowest BCUT2D eigenvalue weighted by Gasteiger charge is -2.21. The first-order valence-corrected chi connectivity index (χ1v) is 13.9. The Kier molecular flexibility index (Phi) is 7.98. The number of hydrogen-bond donors (Lipinski definition) is 4. The van der Waals surface area contributed by atoms with Crippen molar-refractivity contribution in [2.45, 2.75) is 0 Å². The van der Waals surface area contributed by atoms with Crippen molar-refractivity contribution in [2.75, 3.05) is 31.2 Å². The molecule has 4 rings (SSSR count). The fourth-order valence-electron chi connectivity index (χ4n) is 4.17. The maximum absolute atomic E-state index is 13.6. The summed E-state index contributed by atoms with van der Waals surface area (Å²) in [6.07, 6.45) is 1.04. The smallest absolute Gasteiger partial charge is 0.326 e. The number of amides is 1. The standard InChI is InChI=1S/C27H27FN6O6S/c1-31-27(37)24-20-12-19(16-5-4-6-17(11-16)26(29)32-34(30)14-23(35)36)21(33(2)41(3,38)39)13-22(20)40-25(24)15-7-9-18(28)10-8-15/h4-13H,14,30H2,1-3H3,(H2,29,32)(H,31,37)(H,35,36). The summed E-state index contributed by atoms with van der Waals surface area (Å²) in [4.78, 5) is 24.0. The maximum Gasteiger partial charge on any atom is 0.326 e. The van der Waals surface area contributed by atoms with Crippen molar-refractivity contribution in [3.63, 3.8) is 0 Å². The number of amidine groups is 1. The van der Waals surface area contributed by atoms with Crippen LogP contribution < -0.4 is 21.2 Å². The first kappa shape index (κ1) is 29.0. The van der Waals surface area contributed by atoms with Crippen LogP contribution in [0.15, 0.2) is 70.2 Å². The van der Waals surface area contributed by atoms with Gasteiger partial charge in [-0.2, -0.15) is 0 Å². The second-order valence-electron chi connectivity index (χ2n) is 9.05. The van der Waals surface area contributed by atoms with Gasteiger partial charge in [0.05, 0.1) is 17.5 Å². The van der Waals surface area contributed by atoms with Gasteiger partial charge < -0.3 is 20.6 Å². The van der Waals surface area contributed by atoms with Gasteiger partial charge in [-0.25, -0.2) is 23.8 Å². The third-order valence-corrected chi connectivity index (χ3v) is 7.40. The topological polar surface area (TPSA) is 185 Å². The van der Waals surface area contributed by atoms with E-state index in [1.807, 2.05) is 0 Å². The molecule has 12 nitrogen and oxygen atoms in total. The van der Waals surface area contributed by atoms with Crippen molar-refractivity contribution >= 4 is 44.4 Å². The molecule has 1 heterocycles. The number of anilines is 1. The molecule has 0 aliphatic heterocycles. The van der Waals surface area contributed by atoms with Crippen molar-refractivity contribution < 1.29 is 31.9 Å². The summed E-state index contributed by atoms with van der Waals surface area (Å²) >= 11 is 0. The van der Waals surface area contributed by atoms with Gasteiger partial charge in [-0.3, -0.25) is 13.9 Å². The van der Waals surface area contributed by atoms with E-state index in [2.05, 4.69) is 10.4 Å². The van der Waals surface area contributed by atoms with Gasteiger partial charge in [-0.1, -0.05) is 18.2 Å². The highest BCUT2D eigenvalue weighted by atomic mass is 32.2. The number of aliphatic carboxylic acids is 1. The second kappa shape index (κ2) is 11.3. The van der Waals surface area contributed by atoms with Crippen molar-refractivity contribution in [3.05, 3.63) is 77.6 Å². The van der Waals surface area contributed by atoms with Crippen LogP contribution in [-0.4, -0.2) is 63.3 Å². The van der Waals surface area contributed by atoms with Crippen LogP contribution in [-0.2, 0) is 14.8 Å². The molecule has 0 aliphatic rings. The van der Waals surface area contributed by atoms with Crippen LogP contribution in [0.1, 0.15) is 15.9 Å². The summed E-state index contributed by atoms with van der Waals surface area (Å²) in [6, 6.07) is 15.1. The largest absolute Gasteiger partial charge is 0.480 e. The molecule has 0 saturated heterocycles. The molecule has 14 heteroatoms. The Morgan fingerprint density at radius 3 is 2.39 bits per heavy atom. The van der Waals surface area contributed by atoms with Crippen molar-refractivity contribution in [3.8, 4) is 22.5 Å². The molecule has 1 aromatic heterocycles. The molecule has 0 bridgehead atoms. The van der Waals surface area contributed by atoms with E-state index >= 15 is 0 Å². The van der Waals surface area contributed by atoms with Crippen LogP contribution in [0.25, 0.3) is 33.4 Å². The van der Waals surface area contributed by atoms with E-state index in [4.69, 9.17) is 21.1 Å². The maximum atomic E-state index is 13.6. The zero-order valence-electron chi connectivity index (χ0n) is 22.3. The Balaban J connectivity index is 1.98. The summed E-state index contributed by atoms with van der Waals surface area (Å²) in [7, 11) is -0.913. The van der Waals surface area contributed by atoms with Gasteiger partial charge >= 0.3 is 5.97 Å². The highest BCUT2D eigenvalue weighted by Crippen LogP contribution is 2.41. The van der Waals surface area contributed by atoms with Crippen LogP contribution in [0.5, 0.6) is 0 Å². The fourth-order valence-corrected chi connectivity index (χ4v) is 4.68. The molecule has 0 unspecified atom stereocenters. The van der Waals surface area contributed by atoms with Crippen molar-refractivity contribution in [1.29, 1.82) is 0 Å². The van der Waals surface area contributed by atoms with Crippen LogP contribution in [0, 0.1) is 5.82 Å². The molecule has 0 atom stereocenters. The fraction of sp³-hybridized carbons (Fsp3) is 0.148. The van der Waals surface area contributed by atoms with Gasteiger partial charge in [-0.15, -0.1) is 5.10 Å². The molecule has 0 fully saturated rings. The number of rotatable bonds is 9. The third kappa shape index (κ3) is 6.13. The Morgan fingerprint density at radius 1 is 1.10 bits per heavy atom. The zero-order chi connectivity index (χ0) is 30.1. The highest BCUT2D eigenvalue weighted by molar-refractivity contribution is 7.92. The molecule has 41 heavy (non-hydrogen) atoms. The number of hydrazine groups is 1. The average molecular weight is 583 g/mol. The summed E-state index contributed by atoms with van der Waals surface area (Å²) in [5.41, 5.74) is 8.44. The molecule has 0 aliphatic carbocycles. The van der Waals surface area contributed by atoms with E-state index in [0.29, 0.717) is 32.8 Å². The number of furan rings is 1. The molecule has 4 aromatic rings. The number of carboxylic acids is 1. The molecule has 3 aromatic carbocycles. The zero-order valence-corrected chi connectivity index (χ0v) is 23.1. The van der Waals surface area contributed by atoms with E-state index < -0.39 is 34.3 Å². The Morgan fingerprint density at radius 2 is 1.78 bits per heavy atom. The Bertz CT molecular complexity index is 1790. The van der Waals surface area contributed by atoms with Gasteiger partial charge in [0.25, 0.3) is 5.91 Å². The Labute approximate surface area is 234 Å². The van der Waals surface area contributed by atoms with Crippen molar-refractivity contribution in [1.82, 2.24) is 10.4 Å². The number of fused-ring (bicyclic) bond motifs is 1. The number of carbonyl (C=O) groups excluding carboxylic acids is 1. The lowest BCUT2D eigenvalue weighted by Crippen LogP contribution is -2.34. The number of sulfonamides is 1. The average Bonchev–Trinajstić information content (AvgIpc) is 3.29. The molecular formula is C27H27FN6O6S. The van der Waals surface area contributed by atoms with E-state index in [1.165, 1.54) is 44.4 Å². The summed E-state index contributed by atoms with van der Waals surface area (Å²) in [5, 5.41) is 16.5. The van der Waals surface area contributed by atoms with E-state index in [9.17, 15) is 22.4 Å². The van der Waals surface area contributed by atoms with Gasteiger partial charge in [-0.05, 0) is 42.0 Å². The molecule has 0 radical (unpaired) electrons. The number of nitrogens with one attached hydrogen (secondary N) is 1. The summed E-state index contributed by atoms with van der Waals surface area (Å²) < 4.78 is 46.0. The quantitative estimate of drug-likeness (QED) is 0.0996. The molecular weight excluding hydrogens is 555 g/mol. The number of carboxylic acid groups (broad SMARTS) is 1. The summed E-state index contributed by atoms with van der Waals surface area (Å²) in [5.74, 6) is 3.56. The minimum Gasteiger partial charge on any atom is -0.480 e. The van der Waals surface area contributed by atoms with Crippen molar-refractivity contribution in [2.24, 2.45) is 16.7 Å². The van der Waals surface area contributed by atoms with Crippen LogP contribution in [0.3, 0.4) is 0 Å². The van der Waals surface area contributed by atoms with Gasteiger partial charge in [0.1, 0.15) is 17.2 Å². The molecule has 6 N–H and O–H groups in total. The van der Waals surface area contributed by atoms with E-state index in [1.54, 1.807) is 30.3 Å². The van der Waals surface area contributed by atoms with Crippen LogP contribution >= 0.6 is 0 Å².